The monoisotopic (exact) mass is 196 g/mol. The minimum absolute atomic E-state index is 0.636. The fourth-order valence-electron chi connectivity index (χ4n) is 1.33. The number of nitrogens with zero attached hydrogens (tertiary/aromatic N) is 1. The third-order valence-corrected chi connectivity index (χ3v) is 1.95. The molecule has 0 aliphatic rings. The lowest BCUT2D eigenvalue weighted by molar-refractivity contribution is -0.112. The standard InChI is InChI=1S/C12H8N2O/c13-11(15)7-6-10-4-1-3-9-5-2-8-14-12(9)10/h1-5,8H,(H2,13,15). The zero-order valence-electron chi connectivity index (χ0n) is 7.90. The van der Waals surface area contributed by atoms with E-state index in [1.54, 1.807) is 6.20 Å². The average molecular weight is 196 g/mol. The highest BCUT2D eigenvalue weighted by atomic mass is 16.1. The van der Waals surface area contributed by atoms with E-state index in [2.05, 4.69) is 16.8 Å². The molecule has 0 radical (unpaired) electrons. The van der Waals surface area contributed by atoms with Crippen LogP contribution in [0.3, 0.4) is 0 Å². The van der Waals surface area contributed by atoms with E-state index in [0.717, 1.165) is 10.9 Å². The third-order valence-electron chi connectivity index (χ3n) is 1.95. The quantitative estimate of drug-likeness (QED) is 0.641. The molecule has 3 nitrogen and oxygen atoms in total. The molecule has 0 fully saturated rings. The van der Waals surface area contributed by atoms with Crippen LogP contribution < -0.4 is 5.73 Å². The Kier molecular flexibility index (Phi) is 2.34. The molecule has 2 N–H and O–H groups in total. The number of benzene rings is 1. The number of rotatable bonds is 0. The molecule has 1 heterocycles. The van der Waals surface area contributed by atoms with Gasteiger partial charge in [0.1, 0.15) is 0 Å². The van der Waals surface area contributed by atoms with Gasteiger partial charge in [0.15, 0.2) is 0 Å². The lowest BCUT2D eigenvalue weighted by Gasteiger charge is -1.97. The lowest BCUT2D eigenvalue weighted by Crippen LogP contribution is -2.06. The zero-order valence-corrected chi connectivity index (χ0v) is 7.90. The molecule has 2 rings (SSSR count). The molecule has 15 heavy (non-hydrogen) atoms. The van der Waals surface area contributed by atoms with Crippen molar-refractivity contribution in [1.29, 1.82) is 0 Å². The van der Waals surface area contributed by atoms with Gasteiger partial charge in [0.2, 0.25) is 0 Å². The summed E-state index contributed by atoms with van der Waals surface area (Å²) in [6.45, 7) is 0. The van der Waals surface area contributed by atoms with Crippen LogP contribution in [0.2, 0.25) is 0 Å². The van der Waals surface area contributed by atoms with Crippen LogP contribution in [0.25, 0.3) is 10.9 Å². The molecule has 0 spiro atoms. The van der Waals surface area contributed by atoms with Crippen molar-refractivity contribution in [3.8, 4) is 11.8 Å². The van der Waals surface area contributed by atoms with Crippen LogP contribution >= 0.6 is 0 Å². The molecular weight excluding hydrogens is 188 g/mol. The van der Waals surface area contributed by atoms with Crippen molar-refractivity contribution in [2.45, 2.75) is 0 Å². The van der Waals surface area contributed by atoms with Gasteiger partial charge in [0, 0.05) is 17.5 Å². The molecule has 1 aromatic heterocycles. The molecule has 0 saturated carbocycles. The maximum Gasteiger partial charge on any atom is 0.293 e. The lowest BCUT2D eigenvalue weighted by atomic mass is 10.1. The van der Waals surface area contributed by atoms with Crippen molar-refractivity contribution in [1.82, 2.24) is 4.98 Å². The Bertz CT molecular complexity index is 573. The van der Waals surface area contributed by atoms with E-state index in [9.17, 15) is 4.79 Å². The smallest absolute Gasteiger partial charge is 0.293 e. The summed E-state index contributed by atoms with van der Waals surface area (Å²) in [7, 11) is 0. The van der Waals surface area contributed by atoms with Gasteiger partial charge in [-0.2, -0.15) is 0 Å². The Balaban J connectivity index is 2.63. The number of hydrogen-bond donors (Lipinski definition) is 1. The van der Waals surface area contributed by atoms with Crippen molar-refractivity contribution < 1.29 is 4.79 Å². The van der Waals surface area contributed by atoms with Crippen LogP contribution in [0.15, 0.2) is 36.5 Å². The summed E-state index contributed by atoms with van der Waals surface area (Å²) in [6, 6.07) is 9.42. The second kappa shape index (κ2) is 3.81. The van der Waals surface area contributed by atoms with Crippen molar-refractivity contribution in [2.75, 3.05) is 0 Å². The molecule has 0 saturated heterocycles. The number of amides is 1. The largest absolute Gasteiger partial charge is 0.359 e. The van der Waals surface area contributed by atoms with E-state index in [4.69, 9.17) is 5.73 Å². The number of primary amides is 1. The van der Waals surface area contributed by atoms with E-state index in [0.29, 0.717) is 5.56 Å². The molecular formula is C12H8N2O. The number of carbonyl (C=O) groups is 1. The molecule has 0 unspecified atom stereocenters. The Morgan fingerprint density at radius 3 is 2.87 bits per heavy atom. The molecule has 3 heteroatoms. The first kappa shape index (κ1) is 9.22. The fraction of sp³-hybridized carbons (Fsp3) is 0. The summed E-state index contributed by atoms with van der Waals surface area (Å²) in [5, 5.41) is 0.994. The zero-order chi connectivity index (χ0) is 10.7. The summed E-state index contributed by atoms with van der Waals surface area (Å²) in [5.41, 5.74) is 6.45. The number of fused-ring (bicyclic) bond motifs is 1. The number of nitrogens with two attached hydrogens (primary N) is 1. The Morgan fingerprint density at radius 2 is 2.07 bits per heavy atom. The number of para-hydroxylation sites is 1. The van der Waals surface area contributed by atoms with Gasteiger partial charge in [0.25, 0.3) is 5.91 Å². The Morgan fingerprint density at radius 1 is 1.27 bits per heavy atom. The molecule has 0 atom stereocenters. The molecule has 0 aliphatic carbocycles. The van der Waals surface area contributed by atoms with Crippen LogP contribution in [0.1, 0.15) is 5.56 Å². The number of aromatic nitrogens is 1. The summed E-state index contributed by atoms with van der Waals surface area (Å²) >= 11 is 0. The predicted octanol–water partition coefficient (Wildman–Crippen LogP) is 1.07. The van der Waals surface area contributed by atoms with Gasteiger partial charge in [-0.15, -0.1) is 0 Å². The average Bonchev–Trinajstić information content (AvgIpc) is 2.26. The summed E-state index contributed by atoms with van der Waals surface area (Å²) in [4.78, 5) is 14.7. The van der Waals surface area contributed by atoms with Crippen LogP contribution in [0, 0.1) is 11.8 Å². The first-order valence-corrected chi connectivity index (χ1v) is 4.42. The Labute approximate surface area is 86.9 Å². The van der Waals surface area contributed by atoms with Gasteiger partial charge in [-0.05, 0) is 12.1 Å². The molecule has 0 aliphatic heterocycles. The summed E-state index contributed by atoms with van der Waals surface area (Å²) in [6.07, 6.45) is 1.69. The highest BCUT2D eigenvalue weighted by molar-refractivity contribution is 5.94. The first-order chi connectivity index (χ1) is 7.27. The van der Waals surface area contributed by atoms with Gasteiger partial charge in [-0.25, -0.2) is 0 Å². The maximum atomic E-state index is 10.5. The van der Waals surface area contributed by atoms with E-state index in [-0.39, 0.29) is 0 Å². The van der Waals surface area contributed by atoms with Gasteiger partial charge in [-0.3, -0.25) is 9.78 Å². The normalized spacial score (nSPS) is 9.33. The van der Waals surface area contributed by atoms with Gasteiger partial charge in [-0.1, -0.05) is 24.1 Å². The maximum absolute atomic E-state index is 10.5. The van der Waals surface area contributed by atoms with E-state index < -0.39 is 5.91 Å². The van der Waals surface area contributed by atoms with Crippen LogP contribution in [-0.2, 0) is 4.79 Å². The van der Waals surface area contributed by atoms with E-state index in [1.807, 2.05) is 30.3 Å². The van der Waals surface area contributed by atoms with Crippen LogP contribution in [0.4, 0.5) is 0 Å². The molecule has 1 aromatic carbocycles. The predicted molar refractivity (Wildman–Crippen MR) is 57.8 cm³/mol. The number of hydrogen-bond acceptors (Lipinski definition) is 2. The molecule has 1 amide bonds. The minimum Gasteiger partial charge on any atom is -0.359 e. The molecule has 72 valence electrons. The highest BCUT2D eigenvalue weighted by Gasteiger charge is 1.97. The third kappa shape index (κ3) is 1.94. The van der Waals surface area contributed by atoms with Crippen molar-refractivity contribution in [2.24, 2.45) is 5.73 Å². The van der Waals surface area contributed by atoms with Crippen molar-refractivity contribution in [3.63, 3.8) is 0 Å². The molecule has 2 aromatic rings. The second-order valence-corrected chi connectivity index (χ2v) is 2.99. The minimum atomic E-state index is -0.636. The van der Waals surface area contributed by atoms with Crippen molar-refractivity contribution >= 4 is 16.8 Å². The SMILES string of the molecule is NC(=O)C#Cc1cccc2cccnc12. The van der Waals surface area contributed by atoms with Gasteiger partial charge in [0.05, 0.1) is 11.1 Å². The Hall–Kier alpha value is -2.34. The highest BCUT2D eigenvalue weighted by Crippen LogP contribution is 2.14. The summed E-state index contributed by atoms with van der Waals surface area (Å²) < 4.78 is 0. The summed E-state index contributed by atoms with van der Waals surface area (Å²) in [5.74, 6) is 4.37. The van der Waals surface area contributed by atoms with Crippen LogP contribution in [0.5, 0.6) is 0 Å². The van der Waals surface area contributed by atoms with E-state index >= 15 is 0 Å². The van der Waals surface area contributed by atoms with Gasteiger partial charge >= 0.3 is 0 Å². The van der Waals surface area contributed by atoms with Gasteiger partial charge < -0.3 is 5.73 Å². The van der Waals surface area contributed by atoms with Crippen LogP contribution in [-0.4, -0.2) is 10.9 Å². The fourth-order valence-corrected chi connectivity index (χ4v) is 1.33. The first-order valence-electron chi connectivity index (χ1n) is 4.42. The van der Waals surface area contributed by atoms with Crippen molar-refractivity contribution in [3.05, 3.63) is 42.1 Å². The topological polar surface area (TPSA) is 56.0 Å². The number of carbonyl (C=O) groups excluding carboxylic acids is 1. The number of pyridine rings is 1. The second-order valence-electron chi connectivity index (χ2n) is 2.99. The molecule has 0 bridgehead atoms. The van der Waals surface area contributed by atoms with E-state index in [1.165, 1.54) is 0 Å².